The van der Waals surface area contributed by atoms with Gasteiger partial charge >= 0.3 is 58.2 Å². The van der Waals surface area contributed by atoms with Gasteiger partial charge in [0.15, 0.2) is 0 Å². The van der Waals surface area contributed by atoms with Gasteiger partial charge in [-0.1, -0.05) is 6.20 Å². The van der Waals surface area contributed by atoms with Crippen molar-refractivity contribution in [3.05, 3.63) is 12.4 Å². The van der Waals surface area contributed by atoms with Crippen LogP contribution in [0, 0.1) is 18.0 Å². The number of anilines is 1. The first kappa shape index (κ1) is 15.0. The zero-order valence-electron chi connectivity index (χ0n) is 12.0. The summed E-state index contributed by atoms with van der Waals surface area (Å²) in [6, 6.07) is 0. The molecule has 0 radical (unpaired) electrons. The van der Waals surface area contributed by atoms with Gasteiger partial charge in [-0.05, 0) is 37.4 Å². The number of H-pyrrole nitrogens is 1. The molecule has 2 aliphatic rings. The molecule has 0 amide bonds. The summed E-state index contributed by atoms with van der Waals surface area (Å²) in [4.78, 5) is 13.7. The Balaban J connectivity index is 0.00000121. The van der Waals surface area contributed by atoms with Gasteiger partial charge in [0.1, 0.15) is 5.82 Å². The first-order valence-electron chi connectivity index (χ1n) is 6.82. The standard InChI is InChI=1S/C13H17N6.Rb/c1-18-3-2-9-7-19(8-10(9)6-18)12-5-14-11-4-15-17-13(11)16-12;/h5,9-10H,2-3,6-8H2,1H3,(H,15,16,17);/q-1;+1. The maximum Gasteiger partial charge on any atom is 1.00 e. The fraction of sp³-hybridized carbons (Fsp3) is 0.615. The Hall–Kier alpha value is 0.115. The van der Waals surface area contributed by atoms with E-state index < -0.39 is 0 Å². The Morgan fingerprint density at radius 3 is 3.05 bits per heavy atom. The van der Waals surface area contributed by atoms with Crippen LogP contribution in [0.25, 0.3) is 11.2 Å². The third-order valence-electron chi connectivity index (χ3n) is 4.41. The van der Waals surface area contributed by atoms with E-state index in [-0.39, 0.29) is 58.2 Å². The van der Waals surface area contributed by atoms with Crippen molar-refractivity contribution in [2.24, 2.45) is 11.8 Å². The van der Waals surface area contributed by atoms with E-state index in [9.17, 15) is 0 Å². The first-order chi connectivity index (χ1) is 9.29. The summed E-state index contributed by atoms with van der Waals surface area (Å²) in [5.41, 5.74) is 1.43. The molecule has 2 fully saturated rings. The van der Waals surface area contributed by atoms with Crippen LogP contribution in [0.2, 0.25) is 0 Å². The smallest absolute Gasteiger partial charge is 0.356 e. The summed E-state index contributed by atoms with van der Waals surface area (Å²) in [7, 11) is 2.21. The fourth-order valence-electron chi connectivity index (χ4n) is 3.36. The third-order valence-corrected chi connectivity index (χ3v) is 4.41. The number of nitrogens with zero attached hydrogens (tertiary/aromatic N) is 5. The van der Waals surface area contributed by atoms with Crippen LogP contribution < -0.4 is 63.1 Å². The molecular formula is C13H17N6Rb. The van der Waals surface area contributed by atoms with Crippen molar-refractivity contribution < 1.29 is 58.2 Å². The van der Waals surface area contributed by atoms with Crippen LogP contribution in [-0.2, 0) is 0 Å². The summed E-state index contributed by atoms with van der Waals surface area (Å²) < 4.78 is 0. The second kappa shape index (κ2) is 6.08. The summed E-state index contributed by atoms with van der Waals surface area (Å²) in [6.07, 6.45) is 5.93. The molecule has 7 heteroatoms. The predicted octanol–water partition coefficient (Wildman–Crippen LogP) is -2.46. The van der Waals surface area contributed by atoms with Gasteiger partial charge in [0.05, 0.1) is 6.20 Å². The Bertz CT molecular complexity index is 599. The van der Waals surface area contributed by atoms with Gasteiger partial charge in [-0.25, -0.2) is 0 Å². The number of rotatable bonds is 1. The molecule has 100 valence electrons. The molecule has 2 saturated heterocycles. The second-order valence-electron chi connectivity index (χ2n) is 5.74. The summed E-state index contributed by atoms with van der Waals surface area (Å²) >= 11 is 0. The van der Waals surface area contributed by atoms with E-state index in [4.69, 9.17) is 0 Å². The number of likely N-dealkylation sites (tertiary alicyclic amines) is 1. The van der Waals surface area contributed by atoms with E-state index in [0.29, 0.717) is 5.52 Å². The molecule has 2 aromatic heterocycles. The molecule has 0 aliphatic carbocycles. The molecule has 6 nitrogen and oxygen atoms in total. The van der Waals surface area contributed by atoms with E-state index in [1.165, 1.54) is 19.5 Å². The largest absolute Gasteiger partial charge is 1.00 e. The molecule has 0 spiro atoms. The summed E-state index contributed by atoms with van der Waals surface area (Å²) in [5.74, 6) is 2.54. The maximum atomic E-state index is 4.59. The van der Waals surface area contributed by atoms with Gasteiger partial charge < -0.3 is 25.0 Å². The molecule has 2 unspecified atom stereocenters. The third kappa shape index (κ3) is 2.73. The Labute approximate surface area is 167 Å². The summed E-state index contributed by atoms with van der Waals surface area (Å²) in [6.45, 7) is 4.62. The van der Waals surface area contributed by atoms with Crippen LogP contribution in [0.1, 0.15) is 6.42 Å². The number of aromatic amines is 1. The normalized spacial score (nSPS) is 26.6. The van der Waals surface area contributed by atoms with Crippen LogP contribution in [0.15, 0.2) is 6.20 Å². The predicted molar refractivity (Wildman–Crippen MR) is 71.8 cm³/mol. The number of piperidine rings is 1. The van der Waals surface area contributed by atoms with Gasteiger partial charge in [0, 0.05) is 25.3 Å². The van der Waals surface area contributed by atoms with Crippen molar-refractivity contribution >= 4 is 17.0 Å². The van der Waals surface area contributed by atoms with Crippen molar-refractivity contribution in [1.82, 2.24) is 25.1 Å². The zero-order valence-corrected chi connectivity index (χ0v) is 16.9. The SMILES string of the molecule is CN1CCC2CN(c3cnc4[c-]n[nH]c4n3)CC2C1.[Rb+]. The molecule has 0 aromatic carbocycles. The van der Waals surface area contributed by atoms with Crippen molar-refractivity contribution in [3.8, 4) is 0 Å². The molecule has 2 aliphatic heterocycles. The van der Waals surface area contributed by atoms with Gasteiger partial charge in [-0.2, -0.15) is 0 Å². The minimum absolute atomic E-state index is 0. The number of nitrogens with one attached hydrogen (secondary N) is 1. The first-order valence-corrected chi connectivity index (χ1v) is 6.82. The average molecular weight is 343 g/mol. The van der Waals surface area contributed by atoms with Gasteiger partial charge in [-0.15, -0.1) is 0 Å². The van der Waals surface area contributed by atoms with E-state index in [1.54, 1.807) is 0 Å². The fourth-order valence-corrected chi connectivity index (χ4v) is 3.36. The average Bonchev–Trinajstić information content (AvgIpc) is 3.02. The van der Waals surface area contributed by atoms with Crippen molar-refractivity contribution in [2.45, 2.75) is 6.42 Å². The number of hydrogen-bond acceptors (Lipinski definition) is 5. The van der Waals surface area contributed by atoms with Crippen molar-refractivity contribution in [3.63, 3.8) is 0 Å². The number of hydrogen-bond donors (Lipinski definition) is 1. The monoisotopic (exact) mass is 342 g/mol. The molecule has 2 aromatic rings. The van der Waals surface area contributed by atoms with Gasteiger partial charge in [0.2, 0.25) is 0 Å². The second-order valence-corrected chi connectivity index (χ2v) is 5.74. The molecule has 0 bridgehead atoms. The molecule has 20 heavy (non-hydrogen) atoms. The molecule has 4 rings (SSSR count). The topological polar surface area (TPSA) is 60.9 Å². The van der Waals surface area contributed by atoms with E-state index in [2.05, 4.69) is 43.2 Å². The van der Waals surface area contributed by atoms with E-state index in [1.807, 2.05) is 6.20 Å². The van der Waals surface area contributed by atoms with Crippen LogP contribution in [0.4, 0.5) is 5.82 Å². The molecule has 2 atom stereocenters. The van der Waals surface area contributed by atoms with Crippen LogP contribution in [-0.4, -0.2) is 58.3 Å². The minimum atomic E-state index is 0. The van der Waals surface area contributed by atoms with Gasteiger partial charge in [0.25, 0.3) is 0 Å². The van der Waals surface area contributed by atoms with E-state index >= 15 is 0 Å². The molecule has 0 saturated carbocycles. The number of fused-ring (bicyclic) bond motifs is 2. The Kier molecular flexibility index (Phi) is 4.57. The van der Waals surface area contributed by atoms with Crippen LogP contribution >= 0.6 is 0 Å². The van der Waals surface area contributed by atoms with Crippen molar-refractivity contribution in [2.75, 3.05) is 38.1 Å². The quantitative estimate of drug-likeness (QED) is 0.583. The van der Waals surface area contributed by atoms with Crippen molar-refractivity contribution in [1.29, 1.82) is 0 Å². The van der Waals surface area contributed by atoms with Crippen LogP contribution in [0.5, 0.6) is 0 Å². The van der Waals surface area contributed by atoms with E-state index in [0.717, 1.165) is 36.4 Å². The zero-order chi connectivity index (χ0) is 12.8. The molecular weight excluding hydrogens is 326 g/mol. The Morgan fingerprint density at radius 1 is 1.30 bits per heavy atom. The van der Waals surface area contributed by atoms with Gasteiger partial charge in [-0.3, -0.25) is 4.98 Å². The molecule has 4 heterocycles. The number of aromatic nitrogens is 4. The Morgan fingerprint density at radius 2 is 2.15 bits per heavy atom. The summed E-state index contributed by atoms with van der Waals surface area (Å²) in [5, 5.41) is 6.69. The molecule has 1 N–H and O–H groups in total. The maximum absolute atomic E-state index is 4.59. The van der Waals surface area contributed by atoms with Crippen LogP contribution in [0.3, 0.4) is 0 Å². The minimum Gasteiger partial charge on any atom is -0.356 e.